The molecule has 0 aromatic carbocycles. The maximum Gasteiger partial charge on any atom is 0.463 e. The average Bonchev–Trinajstić information content (AvgIpc) is 2.42. The Balaban J connectivity index is 2.68. The number of aliphatic hydroxyl groups is 1. The first kappa shape index (κ1) is 15.1. The topological polar surface area (TPSA) is 49.3 Å². The van der Waals surface area contributed by atoms with Crippen LogP contribution in [0.5, 0.6) is 0 Å². The zero-order chi connectivity index (χ0) is 14.0. The molecule has 2 atom stereocenters. The summed E-state index contributed by atoms with van der Waals surface area (Å²) >= 11 is 0. The SMILES string of the molecule is O=C(NC1CCCCCC1O)C(F)(F)C(F)(F)F. The summed E-state index contributed by atoms with van der Waals surface area (Å²) in [5.74, 6) is -7.83. The lowest BCUT2D eigenvalue weighted by atomic mass is 10.1. The molecule has 0 bridgehead atoms. The predicted molar refractivity (Wildman–Crippen MR) is 52.0 cm³/mol. The fraction of sp³-hybridized carbons (Fsp3) is 0.900. The highest BCUT2D eigenvalue weighted by Crippen LogP contribution is 2.35. The molecular weight excluding hydrogens is 261 g/mol. The molecule has 106 valence electrons. The van der Waals surface area contributed by atoms with Crippen LogP contribution >= 0.6 is 0 Å². The van der Waals surface area contributed by atoms with Crippen LogP contribution in [0.3, 0.4) is 0 Å². The number of halogens is 5. The van der Waals surface area contributed by atoms with Crippen molar-refractivity contribution in [3.05, 3.63) is 0 Å². The highest BCUT2D eigenvalue weighted by molar-refractivity contribution is 5.84. The smallest absolute Gasteiger partial charge is 0.391 e. The summed E-state index contributed by atoms with van der Waals surface area (Å²) in [6.45, 7) is 0. The number of hydrogen-bond donors (Lipinski definition) is 2. The fourth-order valence-corrected chi connectivity index (χ4v) is 1.84. The second-order valence-corrected chi connectivity index (χ2v) is 4.36. The van der Waals surface area contributed by atoms with Gasteiger partial charge in [0, 0.05) is 0 Å². The molecule has 0 saturated heterocycles. The van der Waals surface area contributed by atoms with Crippen LogP contribution in [0.15, 0.2) is 0 Å². The highest BCUT2D eigenvalue weighted by atomic mass is 19.4. The van der Waals surface area contributed by atoms with Gasteiger partial charge in [-0.3, -0.25) is 4.79 Å². The molecule has 0 aliphatic heterocycles. The molecule has 0 heterocycles. The highest BCUT2D eigenvalue weighted by Gasteiger charge is 2.63. The Labute approximate surface area is 100 Å². The molecule has 2 unspecified atom stereocenters. The molecule has 1 saturated carbocycles. The number of carbonyl (C=O) groups excluding carboxylic acids is 1. The molecule has 0 spiro atoms. The molecule has 1 aliphatic carbocycles. The van der Waals surface area contributed by atoms with Crippen LogP contribution in [0, 0.1) is 0 Å². The Bertz CT molecular complexity index is 305. The van der Waals surface area contributed by atoms with Gasteiger partial charge in [0.05, 0.1) is 12.1 Å². The molecule has 0 radical (unpaired) electrons. The lowest BCUT2D eigenvalue weighted by Gasteiger charge is -2.25. The molecule has 2 N–H and O–H groups in total. The monoisotopic (exact) mass is 275 g/mol. The number of alkyl halides is 5. The zero-order valence-electron chi connectivity index (χ0n) is 9.44. The van der Waals surface area contributed by atoms with Gasteiger partial charge in [-0.15, -0.1) is 0 Å². The fourth-order valence-electron chi connectivity index (χ4n) is 1.84. The van der Waals surface area contributed by atoms with Crippen LogP contribution in [0.1, 0.15) is 32.1 Å². The largest absolute Gasteiger partial charge is 0.463 e. The number of nitrogens with one attached hydrogen (secondary N) is 1. The molecule has 1 rings (SSSR count). The third-order valence-corrected chi connectivity index (χ3v) is 2.94. The van der Waals surface area contributed by atoms with Gasteiger partial charge in [-0.05, 0) is 12.8 Å². The van der Waals surface area contributed by atoms with Crippen molar-refractivity contribution in [3.63, 3.8) is 0 Å². The van der Waals surface area contributed by atoms with Crippen LogP contribution in [-0.4, -0.2) is 35.3 Å². The predicted octanol–water partition coefficient (Wildman–Crippen LogP) is 1.99. The van der Waals surface area contributed by atoms with Gasteiger partial charge in [0.25, 0.3) is 0 Å². The van der Waals surface area contributed by atoms with Crippen molar-refractivity contribution >= 4 is 5.91 Å². The minimum absolute atomic E-state index is 0.195. The van der Waals surface area contributed by atoms with Crippen LogP contribution < -0.4 is 5.32 Å². The van der Waals surface area contributed by atoms with Crippen LogP contribution in [0.4, 0.5) is 22.0 Å². The molecular formula is C10H14F5NO2. The average molecular weight is 275 g/mol. The summed E-state index contributed by atoms with van der Waals surface area (Å²) in [6.07, 6.45) is -4.56. The van der Waals surface area contributed by atoms with E-state index in [4.69, 9.17) is 0 Å². The third kappa shape index (κ3) is 3.30. The van der Waals surface area contributed by atoms with Gasteiger partial charge >= 0.3 is 18.0 Å². The Morgan fingerprint density at radius 3 is 2.17 bits per heavy atom. The molecule has 8 heteroatoms. The maximum absolute atomic E-state index is 12.7. The number of hydrogen-bond acceptors (Lipinski definition) is 2. The van der Waals surface area contributed by atoms with Gasteiger partial charge in [0.1, 0.15) is 0 Å². The molecule has 1 amide bonds. The van der Waals surface area contributed by atoms with E-state index in [0.717, 1.165) is 6.42 Å². The van der Waals surface area contributed by atoms with Crippen molar-refractivity contribution in [2.45, 2.75) is 56.3 Å². The second kappa shape index (κ2) is 5.38. The molecule has 3 nitrogen and oxygen atoms in total. The van der Waals surface area contributed by atoms with E-state index >= 15 is 0 Å². The number of aliphatic hydroxyl groups excluding tert-OH is 1. The minimum atomic E-state index is -5.92. The van der Waals surface area contributed by atoms with E-state index in [2.05, 4.69) is 0 Å². The standard InChI is InChI=1S/C10H14F5NO2/c11-9(12,10(13,14)15)8(18)16-6-4-2-1-3-5-7(6)17/h6-7,17H,1-5H2,(H,16,18). The molecule has 1 aliphatic rings. The van der Waals surface area contributed by atoms with E-state index in [1.54, 1.807) is 5.32 Å². The quantitative estimate of drug-likeness (QED) is 0.598. The van der Waals surface area contributed by atoms with E-state index in [1.807, 2.05) is 0 Å². The Morgan fingerprint density at radius 2 is 1.61 bits per heavy atom. The molecule has 0 aromatic heterocycles. The summed E-state index contributed by atoms with van der Waals surface area (Å²) in [4.78, 5) is 10.9. The van der Waals surface area contributed by atoms with Crippen molar-refractivity contribution in [2.75, 3.05) is 0 Å². The van der Waals surface area contributed by atoms with Crippen LogP contribution in [0.2, 0.25) is 0 Å². The van der Waals surface area contributed by atoms with E-state index < -0.39 is 30.2 Å². The lowest BCUT2D eigenvalue weighted by Crippen LogP contribution is -2.55. The van der Waals surface area contributed by atoms with E-state index in [0.29, 0.717) is 12.8 Å². The number of rotatable bonds is 2. The van der Waals surface area contributed by atoms with Crippen molar-refractivity contribution in [3.8, 4) is 0 Å². The summed E-state index contributed by atoms with van der Waals surface area (Å²) < 4.78 is 61.2. The van der Waals surface area contributed by atoms with Crippen molar-refractivity contribution in [1.82, 2.24) is 5.32 Å². The van der Waals surface area contributed by atoms with Crippen molar-refractivity contribution in [1.29, 1.82) is 0 Å². The van der Waals surface area contributed by atoms with E-state index in [1.165, 1.54) is 0 Å². The van der Waals surface area contributed by atoms with Crippen LogP contribution in [0.25, 0.3) is 0 Å². The first-order chi connectivity index (χ1) is 8.16. The van der Waals surface area contributed by atoms with E-state index in [9.17, 15) is 31.9 Å². The van der Waals surface area contributed by atoms with Crippen molar-refractivity contribution < 1.29 is 31.9 Å². The van der Waals surface area contributed by atoms with Gasteiger partial charge in [0.2, 0.25) is 0 Å². The zero-order valence-corrected chi connectivity index (χ0v) is 9.44. The van der Waals surface area contributed by atoms with Gasteiger partial charge in [-0.25, -0.2) is 0 Å². The summed E-state index contributed by atoms with van der Waals surface area (Å²) in [6, 6.07) is -1.05. The Kier molecular flexibility index (Phi) is 4.52. The Morgan fingerprint density at radius 1 is 1.06 bits per heavy atom. The second-order valence-electron chi connectivity index (χ2n) is 4.36. The van der Waals surface area contributed by atoms with Gasteiger partial charge in [0.15, 0.2) is 0 Å². The summed E-state index contributed by atoms with van der Waals surface area (Å²) in [5.41, 5.74) is 0. The number of amides is 1. The van der Waals surface area contributed by atoms with E-state index in [-0.39, 0.29) is 12.8 Å². The summed E-state index contributed by atoms with van der Waals surface area (Å²) in [7, 11) is 0. The van der Waals surface area contributed by atoms with Gasteiger partial charge in [-0.1, -0.05) is 19.3 Å². The van der Waals surface area contributed by atoms with Crippen molar-refractivity contribution in [2.24, 2.45) is 0 Å². The maximum atomic E-state index is 12.7. The molecule has 18 heavy (non-hydrogen) atoms. The third-order valence-electron chi connectivity index (χ3n) is 2.94. The Hall–Kier alpha value is -0.920. The number of carbonyl (C=O) groups is 1. The first-order valence-electron chi connectivity index (χ1n) is 5.60. The normalized spacial score (nSPS) is 26.6. The summed E-state index contributed by atoms with van der Waals surface area (Å²) in [5, 5.41) is 11.1. The lowest BCUT2D eigenvalue weighted by molar-refractivity contribution is -0.270. The minimum Gasteiger partial charge on any atom is -0.391 e. The molecule has 1 fully saturated rings. The van der Waals surface area contributed by atoms with Gasteiger partial charge in [-0.2, -0.15) is 22.0 Å². The van der Waals surface area contributed by atoms with Crippen LogP contribution in [-0.2, 0) is 4.79 Å². The first-order valence-corrected chi connectivity index (χ1v) is 5.60. The molecule has 0 aromatic rings. The van der Waals surface area contributed by atoms with Gasteiger partial charge < -0.3 is 10.4 Å².